The Hall–Kier alpha value is -2.93. The molecule has 1 aliphatic carbocycles. The van der Waals surface area contributed by atoms with Gasteiger partial charge in [-0.3, -0.25) is 4.79 Å². The maximum absolute atomic E-state index is 13.0. The fourth-order valence-electron chi connectivity index (χ4n) is 4.51. The molecule has 5 rings (SSSR count). The molecule has 156 valence electrons. The fourth-order valence-corrected chi connectivity index (χ4v) is 4.51. The lowest BCUT2D eigenvalue weighted by Crippen LogP contribution is -2.39. The Balaban J connectivity index is 1.42. The molecule has 3 heterocycles. The van der Waals surface area contributed by atoms with Crippen molar-refractivity contribution in [2.75, 3.05) is 31.2 Å². The first-order valence-electron chi connectivity index (χ1n) is 10.6. The Morgan fingerprint density at radius 2 is 2.07 bits per heavy atom. The number of benzene rings is 1. The first kappa shape index (κ1) is 19.1. The van der Waals surface area contributed by atoms with E-state index in [1.54, 1.807) is 0 Å². The zero-order valence-electron chi connectivity index (χ0n) is 17.4. The average Bonchev–Trinajstić information content (AvgIpc) is 3.18. The number of morpholine rings is 1. The third kappa shape index (κ3) is 3.65. The summed E-state index contributed by atoms with van der Waals surface area (Å²) in [4.78, 5) is 27.9. The topological polar surface area (TPSA) is 83.1 Å². The van der Waals surface area contributed by atoms with Crippen LogP contribution in [-0.4, -0.2) is 47.2 Å². The molecule has 30 heavy (non-hydrogen) atoms. The molecule has 2 aliphatic rings. The maximum atomic E-state index is 13.0. The van der Waals surface area contributed by atoms with Crippen LogP contribution in [0.5, 0.6) is 0 Å². The first-order valence-corrected chi connectivity index (χ1v) is 10.6. The van der Waals surface area contributed by atoms with Gasteiger partial charge in [0, 0.05) is 35.8 Å². The van der Waals surface area contributed by atoms with E-state index in [0.717, 1.165) is 54.0 Å². The van der Waals surface area contributed by atoms with Gasteiger partial charge in [-0.2, -0.15) is 0 Å². The number of aromatic amines is 1. The molecule has 7 heteroatoms. The van der Waals surface area contributed by atoms with Crippen LogP contribution in [0.1, 0.15) is 48.1 Å². The van der Waals surface area contributed by atoms with Crippen molar-refractivity contribution < 1.29 is 9.53 Å². The van der Waals surface area contributed by atoms with E-state index in [2.05, 4.69) is 34.0 Å². The first-order chi connectivity index (χ1) is 14.5. The van der Waals surface area contributed by atoms with Gasteiger partial charge in [0.25, 0.3) is 5.91 Å². The van der Waals surface area contributed by atoms with Crippen LogP contribution in [0.2, 0.25) is 0 Å². The predicted molar refractivity (Wildman–Crippen MR) is 116 cm³/mol. The van der Waals surface area contributed by atoms with Crippen molar-refractivity contribution in [3.05, 3.63) is 53.5 Å². The predicted octanol–water partition coefficient (Wildman–Crippen LogP) is 3.24. The normalized spacial score (nSPS) is 20.7. The van der Waals surface area contributed by atoms with Gasteiger partial charge in [-0.15, -0.1) is 0 Å². The highest BCUT2D eigenvalue weighted by molar-refractivity contribution is 5.98. The number of nitrogens with one attached hydrogen (secondary N) is 2. The smallest absolute Gasteiger partial charge is 0.268 e. The van der Waals surface area contributed by atoms with Gasteiger partial charge in [-0.1, -0.05) is 32.0 Å². The number of anilines is 1. The molecule has 2 aromatic heterocycles. The van der Waals surface area contributed by atoms with Gasteiger partial charge >= 0.3 is 0 Å². The van der Waals surface area contributed by atoms with Crippen molar-refractivity contribution in [1.29, 1.82) is 0 Å². The summed E-state index contributed by atoms with van der Waals surface area (Å²) in [5, 5.41) is 4.26. The zero-order valence-corrected chi connectivity index (χ0v) is 17.4. The number of amides is 1. The van der Waals surface area contributed by atoms with Crippen LogP contribution < -0.4 is 10.2 Å². The van der Waals surface area contributed by atoms with Crippen molar-refractivity contribution in [3.63, 3.8) is 0 Å². The van der Waals surface area contributed by atoms with E-state index in [-0.39, 0.29) is 17.4 Å². The molecule has 0 radical (unpaired) electrons. The summed E-state index contributed by atoms with van der Waals surface area (Å²) in [7, 11) is 0. The van der Waals surface area contributed by atoms with E-state index in [4.69, 9.17) is 9.72 Å². The zero-order chi connectivity index (χ0) is 20.7. The number of H-pyrrole nitrogens is 1. The van der Waals surface area contributed by atoms with Crippen LogP contribution in [0.15, 0.2) is 36.5 Å². The fraction of sp³-hybridized carbons (Fsp3) is 0.435. The minimum Gasteiger partial charge on any atom is -0.378 e. The highest BCUT2D eigenvalue weighted by atomic mass is 16.5. The molecule has 0 unspecified atom stereocenters. The summed E-state index contributed by atoms with van der Waals surface area (Å²) >= 11 is 0. The number of rotatable bonds is 3. The summed E-state index contributed by atoms with van der Waals surface area (Å²) in [6, 6.07) is 9.71. The van der Waals surface area contributed by atoms with Gasteiger partial charge in [0.1, 0.15) is 5.69 Å². The average molecular weight is 406 g/mol. The molecule has 0 saturated carbocycles. The number of carbonyl (C=O) groups excluding carboxylic acids is 1. The molecule has 1 saturated heterocycles. The summed E-state index contributed by atoms with van der Waals surface area (Å²) in [5.74, 6) is 0.660. The molecule has 1 atom stereocenters. The third-order valence-electron chi connectivity index (χ3n) is 6.04. The Morgan fingerprint density at radius 3 is 2.87 bits per heavy atom. The van der Waals surface area contributed by atoms with Gasteiger partial charge < -0.3 is 19.9 Å². The van der Waals surface area contributed by atoms with E-state index in [1.165, 1.54) is 0 Å². The Labute approximate surface area is 175 Å². The standard InChI is InChI=1S/C23H27N5O2/c1-23(2)12-19(26-21(29)18-11-15-5-3-4-6-17(15)25-18)16-14-24-22(27-20(16)13-23)28-7-9-30-10-8-28/h3-6,11,14,19,25H,7-10,12-13H2,1-2H3,(H,26,29)/t19-/m0/s1. The van der Waals surface area contributed by atoms with Crippen LogP contribution in [0.4, 0.5) is 5.95 Å². The van der Waals surface area contributed by atoms with Crippen molar-refractivity contribution in [1.82, 2.24) is 20.3 Å². The van der Waals surface area contributed by atoms with Gasteiger partial charge in [0.2, 0.25) is 5.95 Å². The number of ether oxygens (including phenoxy) is 1. The van der Waals surface area contributed by atoms with E-state index < -0.39 is 0 Å². The second-order valence-electron chi connectivity index (χ2n) is 9.01. The summed E-state index contributed by atoms with van der Waals surface area (Å²) in [6.45, 7) is 7.48. The second-order valence-corrected chi connectivity index (χ2v) is 9.01. The lowest BCUT2D eigenvalue weighted by atomic mass is 9.74. The summed E-state index contributed by atoms with van der Waals surface area (Å²) in [6.07, 6.45) is 3.63. The van der Waals surface area contributed by atoms with Crippen molar-refractivity contribution in [2.45, 2.75) is 32.7 Å². The van der Waals surface area contributed by atoms with Crippen LogP contribution in [0.3, 0.4) is 0 Å². The number of aromatic nitrogens is 3. The van der Waals surface area contributed by atoms with E-state index >= 15 is 0 Å². The molecular weight excluding hydrogens is 378 g/mol. The quantitative estimate of drug-likeness (QED) is 0.699. The van der Waals surface area contributed by atoms with Gasteiger partial charge in [-0.25, -0.2) is 9.97 Å². The van der Waals surface area contributed by atoms with E-state index in [0.29, 0.717) is 18.9 Å². The van der Waals surface area contributed by atoms with E-state index in [1.807, 2.05) is 36.5 Å². The second kappa shape index (κ2) is 7.40. The lowest BCUT2D eigenvalue weighted by molar-refractivity contribution is 0.0914. The molecule has 0 bridgehead atoms. The molecule has 1 aromatic carbocycles. The molecule has 1 fully saturated rings. The van der Waals surface area contributed by atoms with Crippen molar-refractivity contribution >= 4 is 22.8 Å². The molecule has 3 aromatic rings. The summed E-state index contributed by atoms with van der Waals surface area (Å²) < 4.78 is 5.44. The van der Waals surface area contributed by atoms with Gasteiger partial charge in [-0.05, 0) is 30.4 Å². The molecule has 0 spiro atoms. The summed E-state index contributed by atoms with van der Waals surface area (Å²) in [5.41, 5.74) is 3.64. The number of nitrogens with zero attached hydrogens (tertiary/aromatic N) is 3. The molecule has 1 aliphatic heterocycles. The highest BCUT2D eigenvalue weighted by Gasteiger charge is 2.35. The third-order valence-corrected chi connectivity index (χ3v) is 6.04. The van der Waals surface area contributed by atoms with Crippen LogP contribution in [-0.2, 0) is 11.2 Å². The monoisotopic (exact) mass is 405 g/mol. The van der Waals surface area contributed by atoms with Crippen molar-refractivity contribution in [2.24, 2.45) is 5.41 Å². The maximum Gasteiger partial charge on any atom is 0.268 e. The van der Waals surface area contributed by atoms with Crippen LogP contribution in [0, 0.1) is 5.41 Å². The Bertz CT molecular complexity index is 1050. The lowest BCUT2D eigenvalue weighted by Gasteiger charge is -2.37. The highest BCUT2D eigenvalue weighted by Crippen LogP contribution is 2.40. The SMILES string of the molecule is CC1(C)Cc2nc(N3CCOCC3)ncc2[C@@H](NC(=O)c2cc3ccccc3[nH]2)C1. The van der Waals surface area contributed by atoms with Gasteiger partial charge in [0.05, 0.1) is 24.9 Å². The largest absolute Gasteiger partial charge is 0.378 e. The number of fused-ring (bicyclic) bond motifs is 2. The number of hydrogen-bond acceptors (Lipinski definition) is 5. The minimum atomic E-state index is -0.110. The minimum absolute atomic E-state index is 0.0437. The number of carbonyl (C=O) groups is 1. The van der Waals surface area contributed by atoms with Crippen molar-refractivity contribution in [3.8, 4) is 0 Å². The van der Waals surface area contributed by atoms with Crippen LogP contribution >= 0.6 is 0 Å². The molecule has 7 nitrogen and oxygen atoms in total. The number of hydrogen-bond donors (Lipinski definition) is 2. The molecule has 2 N–H and O–H groups in total. The molecular formula is C23H27N5O2. The number of para-hydroxylation sites is 1. The van der Waals surface area contributed by atoms with E-state index in [9.17, 15) is 4.79 Å². The van der Waals surface area contributed by atoms with Crippen LogP contribution in [0.25, 0.3) is 10.9 Å². The molecule has 1 amide bonds. The Morgan fingerprint density at radius 1 is 1.27 bits per heavy atom. The Kier molecular flexibility index (Phi) is 4.70. The van der Waals surface area contributed by atoms with Gasteiger partial charge in [0.15, 0.2) is 0 Å².